The van der Waals surface area contributed by atoms with Crippen molar-refractivity contribution >= 4 is 15.4 Å². The standard InChI is InChI=1S/C10H13NO.C9H13.C2H6Si.2ClH.Hf/c1-7(2)8-5-3-4-6-9(8)10(11)12;1-6-5-7(2)9(4)8(6)3;1-3-2;;;/h3-7H,1-2H3,(H2,11,12);6H,1-4H3;1-2H3;2*1H;/q;-1;;;;+4/p-3. The smallest absolute Gasteiger partial charge is 1.00 e. The van der Waals surface area contributed by atoms with E-state index in [0.29, 0.717) is 17.4 Å². The van der Waals surface area contributed by atoms with E-state index in [9.17, 15) is 4.79 Å². The van der Waals surface area contributed by atoms with Gasteiger partial charge in [0, 0.05) is 15.1 Å². The van der Waals surface area contributed by atoms with E-state index in [1.54, 1.807) is 12.1 Å². The molecule has 0 saturated carbocycles. The van der Waals surface area contributed by atoms with Crippen molar-refractivity contribution in [3.63, 3.8) is 0 Å². The third-order valence-corrected chi connectivity index (χ3v) is 4.06. The molecule has 1 aliphatic rings. The van der Waals surface area contributed by atoms with Crippen molar-refractivity contribution < 1.29 is 55.5 Å². The van der Waals surface area contributed by atoms with Crippen molar-refractivity contribution in [3.05, 3.63) is 63.9 Å². The van der Waals surface area contributed by atoms with E-state index in [1.807, 2.05) is 26.0 Å². The number of hydrogen-bond acceptors (Lipinski definition) is 1. The van der Waals surface area contributed by atoms with Gasteiger partial charge in [-0.25, -0.2) is 5.57 Å². The van der Waals surface area contributed by atoms with Crippen LogP contribution < -0.4 is 24.8 Å². The van der Waals surface area contributed by atoms with Crippen LogP contribution in [0.1, 0.15) is 63.4 Å². The molecule has 148 valence electrons. The molecular weight excluding hydrogens is 560 g/mol. The molecule has 0 aliphatic heterocycles. The van der Waals surface area contributed by atoms with Crippen LogP contribution in [-0.2, 0) is 25.8 Å². The van der Waals surface area contributed by atoms with Crippen molar-refractivity contribution in [1.29, 1.82) is 0 Å². The number of rotatable bonds is 2. The number of amides is 1. The van der Waals surface area contributed by atoms with Crippen molar-refractivity contribution in [2.45, 2.75) is 60.6 Å². The fraction of sp³-hybridized carbons (Fsp3) is 0.476. The summed E-state index contributed by atoms with van der Waals surface area (Å²) in [5.74, 6) is 0.264. The average Bonchev–Trinajstić information content (AvgIpc) is 2.75. The molecule has 2 nitrogen and oxygen atoms in total. The molecule has 0 spiro atoms. The number of nitrogens with one attached hydrogen (secondary N) is 1. The van der Waals surface area contributed by atoms with E-state index in [1.165, 1.54) is 16.7 Å². The van der Waals surface area contributed by atoms with Gasteiger partial charge in [0.2, 0.25) is 0 Å². The molecule has 2 rings (SSSR count). The minimum Gasteiger partial charge on any atom is -1.00 e. The summed E-state index contributed by atoms with van der Waals surface area (Å²) in [7, 11) is 1.08. The van der Waals surface area contributed by atoms with Gasteiger partial charge in [0.1, 0.15) is 0 Å². The summed E-state index contributed by atoms with van der Waals surface area (Å²) in [5, 5.41) is 0. The number of carbonyl (C=O) groups excluding carboxylic acids is 1. The van der Waals surface area contributed by atoms with Crippen LogP contribution in [0.2, 0.25) is 13.1 Å². The molecule has 0 bridgehead atoms. The van der Waals surface area contributed by atoms with Crippen LogP contribution in [0.15, 0.2) is 41.0 Å². The van der Waals surface area contributed by atoms with Crippen molar-refractivity contribution in [3.8, 4) is 0 Å². The summed E-state index contributed by atoms with van der Waals surface area (Å²) in [6.45, 7) is 17.0. The van der Waals surface area contributed by atoms with Crippen molar-refractivity contribution in [1.82, 2.24) is 0 Å². The number of allylic oxidation sites excluding steroid dienone is 4. The Morgan fingerprint density at radius 3 is 1.78 bits per heavy atom. The monoisotopic (exact) mass is 591 g/mol. The van der Waals surface area contributed by atoms with Crippen molar-refractivity contribution in [2.24, 2.45) is 5.92 Å². The molecule has 1 aromatic rings. The Morgan fingerprint density at radius 2 is 1.56 bits per heavy atom. The van der Waals surface area contributed by atoms with E-state index in [-0.39, 0.29) is 50.7 Å². The van der Waals surface area contributed by atoms with Crippen LogP contribution in [0.5, 0.6) is 0 Å². The van der Waals surface area contributed by atoms with Crippen molar-refractivity contribution in [2.75, 3.05) is 0 Å². The van der Waals surface area contributed by atoms with E-state index < -0.39 is 5.91 Å². The van der Waals surface area contributed by atoms with Crippen LogP contribution in [-0.4, -0.2) is 15.4 Å². The molecule has 0 saturated heterocycles. The van der Waals surface area contributed by atoms with Crippen LogP contribution in [0, 0.1) is 12.0 Å². The number of benzene rings is 1. The van der Waals surface area contributed by atoms with Crippen LogP contribution in [0.3, 0.4) is 0 Å². The van der Waals surface area contributed by atoms with E-state index in [0.717, 1.165) is 15.1 Å². The Kier molecular flexibility index (Phi) is 22.8. The summed E-state index contributed by atoms with van der Waals surface area (Å²) in [6, 6.07) is 7.27. The molecule has 0 aromatic heterocycles. The molecule has 1 unspecified atom stereocenters. The maximum absolute atomic E-state index is 10.8. The molecule has 1 amide bonds. The van der Waals surface area contributed by atoms with E-state index in [2.05, 4.69) is 46.9 Å². The van der Waals surface area contributed by atoms with Gasteiger partial charge < -0.3 is 35.3 Å². The van der Waals surface area contributed by atoms with Crippen LogP contribution in [0.25, 0.3) is 5.73 Å². The maximum atomic E-state index is 10.8. The topological polar surface area (TPSA) is 40.9 Å². The minimum absolute atomic E-state index is 0. The summed E-state index contributed by atoms with van der Waals surface area (Å²) in [5.41, 5.74) is 12.7. The molecule has 2 radical (unpaired) electrons. The molecule has 1 atom stereocenters. The summed E-state index contributed by atoms with van der Waals surface area (Å²) in [4.78, 5) is 10.8. The van der Waals surface area contributed by atoms with Gasteiger partial charge in [0.15, 0.2) is 0 Å². The molecule has 0 heterocycles. The number of halogens is 2. The Balaban J connectivity index is -0.000000159. The van der Waals surface area contributed by atoms with Gasteiger partial charge in [0.25, 0.3) is 0 Å². The second-order valence-electron chi connectivity index (χ2n) is 6.37. The molecule has 1 N–H and O–H groups in total. The van der Waals surface area contributed by atoms with Gasteiger partial charge in [-0.3, -0.25) is 6.08 Å². The van der Waals surface area contributed by atoms with Gasteiger partial charge in [0.05, 0.1) is 5.91 Å². The zero-order valence-electron chi connectivity index (χ0n) is 17.6. The summed E-state index contributed by atoms with van der Waals surface area (Å²) >= 11 is 0. The molecular formula is C21H31Cl2HfNOSi. The van der Waals surface area contributed by atoms with Crippen LogP contribution >= 0.6 is 0 Å². The zero-order chi connectivity index (χ0) is 18.9. The third-order valence-electron chi connectivity index (χ3n) is 4.06. The van der Waals surface area contributed by atoms with E-state index in [4.69, 9.17) is 5.73 Å². The van der Waals surface area contributed by atoms with Crippen LogP contribution in [0.4, 0.5) is 0 Å². The predicted molar refractivity (Wildman–Crippen MR) is 107 cm³/mol. The quantitative estimate of drug-likeness (QED) is 0.366. The minimum atomic E-state index is -0.598. The largest absolute Gasteiger partial charge is 4.00 e. The van der Waals surface area contributed by atoms with E-state index >= 15 is 0 Å². The fourth-order valence-electron chi connectivity index (χ4n) is 2.37. The number of carbonyl (C=O) groups is 1. The normalized spacial score (nSPS) is 14.3. The van der Waals surface area contributed by atoms with Gasteiger partial charge in [-0.05, 0) is 11.5 Å². The first kappa shape index (κ1) is 34.4. The zero-order valence-corrected chi connectivity index (χ0v) is 23.7. The SMILES string of the molecule is CC(C)c1ccccc1C([NH-])=O.CC1=[C-]C(C)C(C)=C1C.C[Si]C.[Cl-].[Cl-].[Hf+4]. The average molecular weight is 591 g/mol. The first-order valence-corrected chi connectivity index (χ1v) is 10.4. The Hall–Kier alpha value is -0.163. The second kappa shape index (κ2) is 17.9. The summed E-state index contributed by atoms with van der Waals surface area (Å²) < 4.78 is 0. The Morgan fingerprint density at radius 1 is 1.11 bits per heavy atom. The molecule has 0 fully saturated rings. The molecule has 6 heteroatoms. The van der Waals surface area contributed by atoms with Gasteiger partial charge in [-0.2, -0.15) is 11.1 Å². The molecule has 1 aliphatic carbocycles. The third kappa shape index (κ3) is 12.1. The second-order valence-corrected chi connectivity index (χ2v) is 7.37. The number of hydrogen-bond donors (Lipinski definition) is 0. The first-order chi connectivity index (χ1) is 11.2. The molecule has 27 heavy (non-hydrogen) atoms. The van der Waals surface area contributed by atoms with Gasteiger partial charge in [-0.1, -0.05) is 77.9 Å². The Labute approximate surface area is 200 Å². The van der Waals surface area contributed by atoms with Gasteiger partial charge >= 0.3 is 25.8 Å². The van der Waals surface area contributed by atoms with Gasteiger partial charge in [-0.15, -0.1) is 6.92 Å². The maximum Gasteiger partial charge on any atom is 4.00 e. The fourth-order valence-corrected chi connectivity index (χ4v) is 2.37. The Bertz CT molecular complexity index is 616. The summed E-state index contributed by atoms with van der Waals surface area (Å²) in [6.07, 6.45) is 3.36. The first-order valence-electron chi connectivity index (χ1n) is 8.38. The molecule has 1 aromatic carbocycles. The predicted octanol–water partition coefficient (Wildman–Crippen LogP) is 0.517.